The van der Waals surface area contributed by atoms with E-state index >= 15 is 0 Å². The zero-order chi connectivity index (χ0) is 13.9. The number of alkyl halides is 3. The zero-order valence-corrected chi connectivity index (χ0v) is 11.7. The first-order valence-electron chi connectivity index (χ1n) is 6.43. The van der Waals surface area contributed by atoms with Crippen molar-refractivity contribution >= 4 is 11.3 Å². The Morgan fingerprint density at radius 3 is 2.84 bits per heavy atom. The van der Waals surface area contributed by atoms with Crippen LogP contribution in [-0.2, 0) is 6.42 Å². The van der Waals surface area contributed by atoms with Gasteiger partial charge in [0.15, 0.2) is 0 Å². The summed E-state index contributed by atoms with van der Waals surface area (Å²) in [4.78, 5) is 3.44. The first-order chi connectivity index (χ1) is 8.92. The summed E-state index contributed by atoms with van der Waals surface area (Å²) in [5.41, 5.74) is 0. The van der Waals surface area contributed by atoms with Crippen molar-refractivity contribution in [2.45, 2.75) is 25.1 Å². The monoisotopic (exact) mass is 292 g/mol. The second-order valence-corrected chi connectivity index (χ2v) is 6.33. The lowest BCUT2D eigenvalue weighted by Crippen LogP contribution is -2.50. The van der Waals surface area contributed by atoms with Crippen LogP contribution in [-0.4, -0.2) is 43.8 Å². The number of nitrogens with one attached hydrogen (secondary N) is 1. The molecule has 1 N–H and O–H groups in total. The number of hydrogen-bond donors (Lipinski definition) is 1. The Morgan fingerprint density at radius 1 is 1.42 bits per heavy atom. The van der Waals surface area contributed by atoms with Gasteiger partial charge < -0.3 is 10.2 Å². The lowest BCUT2D eigenvalue weighted by molar-refractivity contribution is -0.127. The maximum Gasteiger partial charge on any atom is 0.401 e. The van der Waals surface area contributed by atoms with Crippen LogP contribution in [0.1, 0.15) is 11.3 Å². The summed E-state index contributed by atoms with van der Waals surface area (Å²) in [6.45, 7) is 0.760. The Labute approximate surface area is 115 Å². The van der Waals surface area contributed by atoms with E-state index in [4.69, 9.17) is 0 Å². The van der Waals surface area contributed by atoms with Gasteiger partial charge in [-0.1, -0.05) is 6.07 Å². The van der Waals surface area contributed by atoms with Crippen molar-refractivity contribution in [3.8, 4) is 0 Å². The number of thiophene rings is 1. The molecular weight excluding hydrogens is 273 g/mol. The van der Waals surface area contributed by atoms with Crippen molar-refractivity contribution in [1.29, 1.82) is 0 Å². The van der Waals surface area contributed by atoms with E-state index in [1.807, 2.05) is 18.5 Å². The van der Waals surface area contributed by atoms with Gasteiger partial charge in [0.05, 0.1) is 6.54 Å². The predicted octanol–water partition coefficient (Wildman–Crippen LogP) is 2.76. The summed E-state index contributed by atoms with van der Waals surface area (Å²) in [5.74, 6) is 0.433. The number of likely N-dealkylation sites (N-methyl/N-ethyl adjacent to an activating group) is 1. The van der Waals surface area contributed by atoms with Crippen LogP contribution >= 0.6 is 11.3 Å². The van der Waals surface area contributed by atoms with Crippen molar-refractivity contribution in [1.82, 2.24) is 10.2 Å². The van der Waals surface area contributed by atoms with Gasteiger partial charge in [-0.15, -0.1) is 11.3 Å². The fourth-order valence-electron chi connectivity index (χ4n) is 2.71. The fourth-order valence-corrected chi connectivity index (χ4v) is 3.53. The van der Waals surface area contributed by atoms with E-state index in [0.29, 0.717) is 12.5 Å². The number of halogens is 3. The average Bonchev–Trinajstić information content (AvgIpc) is 2.77. The van der Waals surface area contributed by atoms with Gasteiger partial charge in [0, 0.05) is 24.0 Å². The highest BCUT2D eigenvalue weighted by Crippen LogP contribution is 2.23. The second kappa shape index (κ2) is 6.24. The maximum atomic E-state index is 12.2. The number of hydrogen-bond acceptors (Lipinski definition) is 3. The van der Waals surface area contributed by atoms with Gasteiger partial charge in [-0.05, 0) is 37.3 Å². The first kappa shape index (κ1) is 14.8. The molecule has 2 nitrogen and oxygen atoms in total. The van der Waals surface area contributed by atoms with E-state index < -0.39 is 12.7 Å². The third-order valence-corrected chi connectivity index (χ3v) is 4.28. The van der Waals surface area contributed by atoms with Gasteiger partial charge in [0.2, 0.25) is 0 Å². The van der Waals surface area contributed by atoms with E-state index in [1.165, 1.54) is 4.88 Å². The van der Waals surface area contributed by atoms with Gasteiger partial charge in [-0.2, -0.15) is 13.2 Å². The van der Waals surface area contributed by atoms with Gasteiger partial charge >= 0.3 is 6.18 Å². The molecule has 0 aliphatic carbocycles. The van der Waals surface area contributed by atoms with Crippen LogP contribution in [0.4, 0.5) is 13.2 Å². The van der Waals surface area contributed by atoms with Crippen LogP contribution in [0.5, 0.6) is 0 Å². The Balaban J connectivity index is 1.85. The molecule has 1 aliphatic rings. The smallest absolute Gasteiger partial charge is 0.305 e. The molecule has 0 aromatic carbocycles. The van der Waals surface area contributed by atoms with Crippen LogP contribution < -0.4 is 5.32 Å². The molecule has 1 saturated heterocycles. The zero-order valence-electron chi connectivity index (χ0n) is 10.9. The minimum Gasteiger partial charge on any atom is -0.305 e. The molecule has 108 valence electrons. The summed E-state index contributed by atoms with van der Waals surface area (Å²) in [5, 5.41) is 4.68. The summed E-state index contributed by atoms with van der Waals surface area (Å²) in [6.07, 6.45) is -2.34. The predicted molar refractivity (Wildman–Crippen MR) is 71.5 cm³/mol. The minimum absolute atomic E-state index is 0.0645. The highest BCUT2D eigenvalue weighted by molar-refractivity contribution is 7.09. The molecule has 2 rings (SSSR count). The molecule has 2 heterocycles. The van der Waals surface area contributed by atoms with Gasteiger partial charge in [-0.25, -0.2) is 0 Å². The van der Waals surface area contributed by atoms with E-state index in [0.717, 1.165) is 19.4 Å². The van der Waals surface area contributed by atoms with Crippen molar-refractivity contribution in [2.75, 3.05) is 26.7 Å². The van der Waals surface area contributed by atoms with Crippen LogP contribution in [0.3, 0.4) is 0 Å². The van der Waals surface area contributed by atoms with E-state index in [2.05, 4.69) is 16.3 Å². The van der Waals surface area contributed by atoms with Crippen molar-refractivity contribution < 1.29 is 13.2 Å². The highest BCUT2D eigenvalue weighted by atomic mass is 32.1. The molecule has 0 amide bonds. The molecular formula is C13H19F3N2S. The number of likely N-dealkylation sites (tertiary alicyclic amines) is 1. The Morgan fingerprint density at radius 2 is 2.21 bits per heavy atom. The van der Waals surface area contributed by atoms with Crippen molar-refractivity contribution in [3.63, 3.8) is 0 Å². The minimum atomic E-state index is -4.13. The molecule has 1 aromatic heterocycles. The van der Waals surface area contributed by atoms with E-state index in [-0.39, 0.29) is 6.04 Å². The van der Waals surface area contributed by atoms with Crippen LogP contribution in [0, 0.1) is 5.92 Å². The van der Waals surface area contributed by atoms with Gasteiger partial charge in [0.25, 0.3) is 0 Å². The summed E-state index contributed by atoms with van der Waals surface area (Å²) in [7, 11) is 1.98. The van der Waals surface area contributed by atoms with Crippen LogP contribution in [0.15, 0.2) is 17.5 Å². The quantitative estimate of drug-likeness (QED) is 0.918. The standard InChI is InChI=1S/C13H19F3N2S/c1-18-7-10(6-12-3-2-4-19-12)5-11(8-18)17-9-13(14,15)16/h2-4,10-11,17H,5-9H2,1H3. The lowest BCUT2D eigenvalue weighted by Gasteiger charge is -2.36. The largest absolute Gasteiger partial charge is 0.401 e. The van der Waals surface area contributed by atoms with Gasteiger partial charge in [-0.3, -0.25) is 0 Å². The molecule has 1 aliphatic heterocycles. The highest BCUT2D eigenvalue weighted by Gasteiger charge is 2.31. The molecule has 2 unspecified atom stereocenters. The number of piperidine rings is 1. The fraction of sp³-hybridized carbons (Fsp3) is 0.692. The summed E-state index contributed by atoms with van der Waals surface area (Å²) < 4.78 is 36.7. The normalized spacial score (nSPS) is 25.7. The second-order valence-electron chi connectivity index (χ2n) is 5.30. The van der Waals surface area contributed by atoms with Crippen LogP contribution in [0.2, 0.25) is 0 Å². The van der Waals surface area contributed by atoms with E-state index in [1.54, 1.807) is 11.3 Å². The Kier molecular flexibility index (Phi) is 4.86. The molecule has 1 fully saturated rings. The maximum absolute atomic E-state index is 12.2. The molecule has 1 aromatic rings. The summed E-state index contributed by atoms with van der Waals surface area (Å²) >= 11 is 1.72. The molecule has 19 heavy (non-hydrogen) atoms. The molecule has 0 saturated carbocycles. The molecule has 0 radical (unpaired) electrons. The average molecular weight is 292 g/mol. The Hall–Kier alpha value is -0.590. The number of nitrogens with zero attached hydrogens (tertiary/aromatic N) is 1. The SMILES string of the molecule is CN1CC(Cc2cccs2)CC(NCC(F)(F)F)C1. The van der Waals surface area contributed by atoms with Crippen molar-refractivity contribution in [2.24, 2.45) is 5.92 Å². The van der Waals surface area contributed by atoms with Crippen molar-refractivity contribution in [3.05, 3.63) is 22.4 Å². The third kappa shape index (κ3) is 5.12. The molecule has 2 atom stereocenters. The Bertz CT molecular complexity index is 378. The topological polar surface area (TPSA) is 15.3 Å². The molecule has 6 heteroatoms. The molecule has 0 bridgehead atoms. The van der Waals surface area contributed by atoms with E-state index in [9.17, 15) is 13.2 Å². The summed E-state index contributed by atoms with van der Waals surface area (Å²) in [6, 6.07) is 4.05. The van der Waals surface area contributed by atoms with Gasteiger partial charge in [0.1, 0.15) is 0 Å². The lowest BCUT2D eigenvalue weighted by atomic mass is 9.91. The third-order valence-electron chi connectivity index (χ3n) is 3.38. The number of rotatable bonds is 4. The molecule has 0 spiro atoms. The first-order valence-corrected chi connectivity index (χ1v) is 7.31. The van der Waals surface area contributed by atoms with Crippen LogP contribution in [0.25, 0.3) is 0 Å².